The summed E-state index contributed by atoms with van der Waals surface area (Å²) in [4.78, 5) is 24.3. The van der Waals surface area contributed by atoms with Crippen molar-refractivity contribution in [2.45, 2.75) is 39.0 Å². The zero-order chi connectivity index (χ0) is 15.2. The lowest BCUT2D eigenvalue weighted by Crippen LogP contribution is -2.29. The molecular weight excluding hydrogens is 264 g/mol. The summed E-state index contributed by atoms with van der Waals surface area (Å²) in [6.45, 7) is 1.92. The van der Waals surface area contributed by atoms with Crippen LogP contribution in [0.1, 0.15) is 37.7 Å². The molecule has 1 atom stereocenters. The fourth-order valence-corrected chi connectivity index (χ4v) is 2.83. The van der Waals surface area contributed by atoms with E-state index in [9.17, 15) is 9.59 Å². The van der Waals surface area contributed by atoms with Crippen molar-refractivity contribution >= 4 is 17.4 Å². The zero-order valence-corrected chi connectivity index (χ0v) is 12.3. The van der Waals surface area contributed by atoms with Crippen LogP contribution >= 0.6 is 0 Å². The lowest BCUT2D eigenvalue weighted by Gasteiger charge is -2.12. The molecule has 110 valence electrons. The van der Waals surface area contributed by atoms with Gasteiger partial charge >= 0.3 is 0 Å². The second-order valence-corrected chi connectivity index (χ2v) is 5.74. The molecule has 0 saturated heterocycles. The molecule has 1 amide bonds. The molecule has 0 aromatic heterocycles. The summed E-state index contributed by atoms with van der Waals surface area (Å²) in [6.07, 6.45) is 4.70. The van der Waals surface area contributed by atoms with E-state index >= 15 is 0 Å². The predicted octanol–water partition coefficient (Wildman–Crippen LogP) is 3.22. The van der Waals surface area contributed by atoms with Crippen LogP contribution in [0.25, 0.3) is 0 Å². The molecule has 21 heavy (non-hydrogen) atoms. The number of hydrogen-bond donors (Lipinski definition) is 1. The van der Waals surface area contributed by atoms with Crippen molar-refractivity contribution in [1.82, 2.24) is 0 Å². The van der Waals surface area contributed by atoms with Crippen LogP contribution in [0.2, 0.25) is 0 Å². The molecule has 1 unspecified atom stereocenters. The van der Waals surface area contributed by atoms with Gasteiger partial charge in [-0.05, 0) is 30.5 Å². The minimum Gasteiger partial charge on any atom is -0.325 e. The SMILES string of the molecule is Cc1cccc(NC(=O)C(C#N)C(=O)CC2CCCC2)c1. The van der Waals surface area contributed by atoms with Crippen LogP contribution in [0.5, 0.6) is 0 Å². The molecule has 1 saturated carbocycles. The van der Waals surface area contributed by atoms with Crippen molar-refractivity contribution in [2.24, 2.45) is 11.8 Å². The van der Waals surface area contributed by atoms with Gasteiger partial charge in [-0.1, -0.05) is 37.8 Å². The Balaban J connectivity index is 1.97. The van der Waals surface area contributed by atoms with Crippen molar-refractivity contribution in [3.05, 3.63) is 29.8 Å². The Kier molecular flexibility index (Phi) is 5.10. The monoisotopic (exact) mass is 284 g/mol. The van der Waals surface area contributed by atoms with E-state index in [1.54, 1.807) is 6.07 Å². The molecule has 4 heteroatoms. The highest BCUT2D eigenvalue weighted by Gasteiger charge is 2.29. The highest BCUT2D eigenvalue weighted by Crippen LogP contribution is 2.28. The average molecular weight is 284 g/mol. The Bertz CT molecular complexity index is 568. The molecule has 1 fully saturated rings. The topological polar surface area (TPSA) is 70.0 Å². The lowest BCUT2D eigenvalue weighted by atomic mass is 9.93. The maximum atomic E-state index is 12.1. The van der Waals surface area contributed by atoms with E-state index < -0.39 is 11.8 Å². The van der Waals surface area contributed by atoms with Crippen molar-refractivity contribution in [2.75, 3.05) is 5.32 Å². The molecule has 1 aliphatic rings. The summed E-state index contributed by atoms with van der Waals surface area (Å²) < 4.78 is 0. The Labute approximate surface area is 125 Å². The summed E-state index contributed by atoms with van der Waals surface area (Å²) in [5, 5.41) is 11.8. The first-order valence-electron chi connectivity index (χ1n) is 7.40. The lowest BCUT2D eigenvalue weighted by molar-refractivity contribution is -0.129. The number of nitriles is 1. The van der Waals surface area contributed by atoms with E-state index in [0.717, 1.165) is 31.2 Å². The molecule has 1 N–H and O–H groups in total. The molecule has 0 aliphatic heterocycles. The van der Waals surface area contributed by atoms with E-state index in [1.807, 2.05) is 31.2 Å². The third kappa shape index (κ3) is 4.16. The molecule has 4 nitrogen and oxygen atoms in total. The van der Waals surface area contributed by atoms with Crippen molar-refractivity contribution in [1.29, 1.82) is 5.26 Å². The number of carbonyl (C=O) groups excluding carboxylic acids is 2. The van der Waals surface area contributed by atoms with Gasteiger partial charge in [0.1, 0.15) is 0 Å². The number of rotatable bonds is 5. The van der Waals surface area contributed by atoms with Gasteiger partial charge < -0.3 is 5.32 Å². The largest absolute Gasteiger partial charge is 0.325 e. The summed E-state index contributed by atoms with van der Waals surface area (Å²) in [6, 6.07) is 9.16. The fourth-order valence-electron chi connectivity index (χ4n) is 2.83. The number of aryl methyl sites for hydroxylation is 1. The molecular formula is C17H20N2O2. The van der Waals surface area contributed by atoms with Gasteiger partial charge in [0.15, 0.2) is 11.7 Å². The zero-order valence-electron chi connectivity index (χ0n) is 12.3. The van der Waals surface area contributed by atoms with Gasteiger partial charge in [-0.2, -0.15) is 5.26 Å². The molecule has 0 spiro atoms. The highest BCUT2D eigenvalue weighted by molar-refractivity contribution is 6.09. The van der Waals surface area contributed by atoms with Crippen LogP contribution in [0.4, 0.5) is 5.69 Å². The number of hydrogen-bond acceptors (Lipinski definition) is 3. The van der Waals surface area contributed by atoms with E-state index in [1.165, 1.54) is 0 Å². The first-order chi connectivity index (χ1) is 10.1. The maximum absolute atomic E-state index is 12.1. The number of ketones is 1. The Morgan fingerprint density at radius 1 is 1.38 bits per heavy atom. The standard InChI is InChI=1S/C17H20N2O2/c1-12-5-4-8-14(9-12)19-17(21)15(11-18)16(20)10-13-6-2-3-7-13/h4-5,8-9,13,15H,2-3,6-7,10H2,1H3,(H,19,21). The summed E-state index contributed by atoms with van der Waals surface area (Å²) in [5.74, 6) is -1.63. The number of carbonyl (C=O) groups is 2. The Morgan fingerprint density at radius 2 is 2.10 bits per heavy atom. The fraction of sp³-hybridized carbons (Fsp3) is 0.471. The van der Waals surface area contributed by atoms with Crippen molar-refractivity contribution < 1.29 is 9.59 Å². The van der Waals surface area contributed by atoms with E-state index in [4.69, 9.17) is 5.26 Å². The van der Waals surface area contributed by atoms with Crippen molar-refractivity contribution in [3.8, 4) is 6.07 Å². The molecule has 1 aromatic carbocycles. The molecule has 1 aromatic rings. The van der Waals surface area contributed by atoms with Crippen LogP contribution in [0.3, 0.4) is 0 Å². The van der Waals surface area contributed by atoms with Crippen LogP contribution in [0, 0.1) is 30.1 Å². The Hall–Kier alpha value is -2.15. The normalized spacial score (nSPS) is 16.2. The first kappa shape index (κ1) is 15.2. The number of nitrogens with zero attached hydrogens (tertiary/aromatic N) is 1. The van der Waals surface area contributed by atoms with Gasteiger partial charge in [-0.15, -0.1) is 0 Å². The van der Waals surface area contributed by atoms with Crippen LogP contribution < -0.4 is 5.32 Å². The number of amides is 1. The van der Waals surface area contributed by atoms with Gasteiger partial charge in [0.05, 0.1) is 6.07 Å². The molecule has 2 rings (SSSR count). The minimum atomic E-state index is -1.20. The average Bonchev–Trinajstić information content (AvgIpc) is 2.92. The van der Waals surface area contributed by atoms with Gasteiger partial charge in [0.25, 0.3) is 0 Å². The Morgan fingerprint density at radius 3 is 2.71 bits per heavy atom. The highest BCUT2D eigenvalue weighted by atomic mass is 16.2. The molecule has 0 radical (unpaired) electrons. The maximum Gasteiger partial charge on any atom is 0.249 e. The summed E-state index contributed by atoms with van der Waals surface area (Å²) in [7, 11) is 0. The van der Waals surface area contributed by atoms with Crippen LogP contribution in [-0.4, -0.2) is 11.7 Å². The van der Waals surface area contributed by atoms with Crippen molar-refractivity contribution in [3.63, 3.8) is 0 Å². The first-order valence-corrected chi connectivity index (χ1v) is 7.40. The summed E-state index contributed by atoms with van der Waals surface area (Å²) >= 11 is 0. The molecule has 1 aliphatic carbocycles. The molecule has 0 heterocycles. The summed E-state index contributed by atoms with van der Waals surface area (Å²) in [5.41, 5.74) is 1.63. The second-order valence-electron chi connectivity index (χ2n) is 5.74. The number of nitrogens with one attached hydrogen (secondary N) is 1. The van der Waals surface area contributed by atoms with E-state index in [0.29, 0.717) is 18.0 Å². The third-order valence-electron chi connectivity index (χ3n) is 3.96. The predicted molar refractivity (Wildman–Crippen MR) is 80.5 cm³/mol. The minimum absolute atomic E-state index is 0.255. The second kappa shape index (κ2) is 7.03. The quantitative estimate of drug-likeness (QED) is 0.844. The smallest absolute Gasteiger partial charge is 0.249 e. The number of anilines is 1. The van der Waals surface area contributed by atoms with E-state index in [-0.39, 0.29) is 5.78 Å². The van der Waals surface area contributed by atoms with Crippen LogP contribution in [0.15, 0.2) is 24.3 Å². The van der Waals surface area contributed by atoms with Gasteiger partial charge in [-0.25, -0.2) is 0 Å². The molecule has 0 bridgehead atoms. The van der Waals surface area contributed by atoms with Gasteiger partial charge in [0, 0.05) is 12.1 Å². The van der Waals surface area contributed by atoms with Gasteiger partial charge in [-0.3, -0.25) is 9.59 Å². The van der Waals surface area contributed by atoms with E-state index in [2.05, 4.69) is 5.32 Å². The number of benzene rings is 1. The number of Topliss-reactive ketones (excluding diaryl/α,β-unsaturated/α-hetero) is 1. The van der Waals surface area contributed by atoms with Gasteiger partial charge in [0.2, 0.25) is 5.91 Å². The van der Waals surface area contributed by atoms with Crippen LogP contribution in [-0.2, 0) is 9.59 Å². The third-order valence-corrected chi connectivity index (χ3v) is 3.96.